The number of ether oxygens (including phenoxy) is 2. The van der Waals surface area contributed by atoms with E-state index in [1.54, 1.807) is 31.0 Å². The van der Waals surface area contributed by atoms with E-state index in [9.17, 15) is 4.79 Å². The summed E-state index contributed by atoms with van der Waals surface area (Å²) in [6, 6.07) is 24.5. The van der Waals surface area contributed by atoms with Gasteiger partial charge in [0.25, 0.3) is 5.91 Å². The van der Waals surface area contributed by atoms with E-state index in [2.05, 4.69) is 5.32 Å². The molecular formula is C25H23N3O3. The lowest BCUT2D eigenvalue weighted by Gasteiger charge is -2.09. The maximum atomic E-state index is 13.2. The predicted molar refractivity (Wildman–Crippen MR) is 121 cm³/mol. The minimum atomic E-state index is -0.251. The average Bonchev–Trinajstić information content (AvgIpc) is 3.26. The molecule has 1 aromatic heterocycles. The number of nitrogens with zero attached hydrogens (tertiary/aromatic N) is 2. The van der Waals surface area contributed by atoms with Gasteiger partial charge in [0.2, 0.25) is 0 Å². The summed E-state index contributed by atoms with van der Waals surface area (Å²) in [6.45, 7) is 2.00. The minimum Gasteiger partial charge on any atom is -0.497 e. The van der Waals surface area contributed by atoms with Crippen molar-refractivity contribution in [2.75, 3.05) is 19.5 Å². The SMILES string of the molecule is COc1ccc(-c2cc(C(=O)Nc3ccc(C)cc3)n(-c3ccccc3)n2)c(OC)c1. The number of aryl methyl sites for hydroxylation is 1. The Morgan fingerprint density at radius 3 is 2.32 bits per heavy atom. The molecule has 1 N–H and O–H groups in total. The molecule has 6 nitrogen and oxygen atoms in total. The van der Waals surface area contributed by atoms with Crippen LogP contribution in [0.2, 0.25) is 0 Å². The molecule has 6 heteroatoms. The summed E-state index contributed by atoms with van der Waals surface area (Å²) in [5.74, 6) is 1.04. The number of carbonyl (C=O) groups excluding carboxylic acids is 1. The second kappa shape index (κ2) is 8.75. The summed E-state index contributed by atoms with van der Waals surface area (Å²) >= 11 is 0. The number of aromatic nitrogens is 2. The average molecular weight is 413 g/mol. The number of rotatable bonds is 6. The standard InChI is InChI=1S/C25H23N3O3/c1-17-9-11-18(12-10-17)26-25(29)23-16-22(27-28(23)19-7-5-4-6-8-19)21-14-13-20(30-2)15-24(21)31-3/h4-16H,1-3H3,(H,26,29). The number of methoxy groups -OCH3 is 2. The molecule has 0 bridgehead atoms. The molecule has 0 radical (unpaired) electrons. The number of anilines is 1. The lowest BCUT2D eigenvalue weighted by Crippen LogP contribution is -2.16. The Kier molecular flexibility index (Phi) is 5.71. The van der Waals surface area contributed by atoms with Gasteiger partial charge < -0.3 is 14.8 Å². The summed E-state index contributed by atoms with van der Waals surface area (Å²) < 4.78 is 12.5. The van der Waals surface area contributed by atoms with Crippen LogP contribution in [0.4, 0.5) is 5.69 Å². The minimum absolute atomic E-state index is 0.251. The molecule has 1 amide bonds. The van der Waals surface area contributed by atoms with Gasteiger partial charge in [-0.25, -0.2) is 4.68 Å². The van der Waals surface area contributed by atoms with Gasteiger partial charge in [-0.1, -0.05) is 35.9 Å². The van der Waals surface area contributed by atoms with Gasteiger partial charge >= 0.3 is 0 Å². The molecule has 0 aliphatic heterocycles. The molecule has 0 spiro atoms. The first kappa shape index (κ1) is 20.2. The Morgan fingerprint density at radius 1 is 0.903 bits per heavy atom. The molecule has 0 atom stereocenters. The molecule has 0 saturated heterocycles. The van der Waals surface area contributed by atoms with Crippen molar-refractivity contribution in [2.45, 2.75) is 6.92 Å². The van der Waals surface area contributed by atoms with Crippen LogP contribution in [0.5, 0.6) is 11.5 Å². The first-order valence-electron chi connectivity index (χ1n) is 9.85. The molecule has 156 valence electrons. The highest BCUT2D eigenvalue weighted by Gasteiger charge is 2.20. The number of hydrogen-bond acceptors (Lipinski definition) is 4. The summed E-state index contributed by atoms with van der Waals surface area (Å²) in [4.78, 5) is 13.2. The van der Waals surface area contributed by atoms with E-state index < -0.39 is 0 Å². The zero-order chi connectivity index (χ0) is 21.8. The molecule has 1 heterocycles. The van der Waals surface area contributed by atoms with E-state index in [0.717, 1.165) is 22.5 Å². The van der Waals surface area contributed by atoms with Gasteiger partial charge in [0.05, 0.1) is 25.6 Å². The van der Waals surface area contributed by atoms with Crippen LogP contribution in [0, 0.1) is 6.92 Å². The first-order valence-corrected chi connectivity index (χ1v) is 9.85. The fourth-order valence-corrected chi connectivity index (χ4v) is 3.28. The Bertz CT molecular complexity index is 1200. The van der Waals surface area contributed by atoms with Crippen LogP contribution in [-0.2, 0) is 0 Å². The van der Waals surface area contributed by atoms with E-state index >= 15 is 0 Å². The Balaban J connectivity index is 1.78. The summed E-state index contributed by atoms with van der Waals surface area (Å²) in [5.41, 5.74) is 4.44. The molecule has 3 aromatic carbocycles. The van der Waals surface area contributed by atoms with Crippen molar-refractivity contribution < 1.29 is 14.3 Å². The van der Waals surface area contributed by atoms with Crippen molar-refractivity contribution in [1.29, 1.82) is 0 Å². The van der Waals surface area contributed by atoms with Gasteiger partial charge in [-0.3, -0.25) is 4.79 Å². The van der Waals surface area contributed by atoms with E-state index in [-0.39, 0.29) is 5.91 Å². The quantitative estimate of drug-likeness (QED) is 0.477. The summed E-state index contributed by atoms with van der Waals surface area (Å²) in [7, 11) is 3.20. The van der Waals surface area contributed by atoms with Crippen molar-refractivity contribution in [3.05, 3.63) is 90.1 Å². The molecule has 31 heavy (non-hydrogen) atoms. The summed E-state index contributed by atoms with van der Waals surface area (Å²) in [5, 5.41) is 7.68. The number of amides is 1. The van der Waals surface area contributed by atoms with E-state index in [4.69, 9.17) is 14.6 Å². The molecule has 0 fully saturated rings. The number of para-hydroxylation sites is 1. The Hall–Kier alpha value is -4.06. The number of carbonyl (C=O) groups is 1. The first-order chi connectivity index (χ1) is 15.1. The molecule has 0 saturated carbocycles. The highest BCUT2D eigenvalue weighted by Crippen LogP contribution is 2.33. The second-order valence-corrected chi connectivity index (χ2v) is 7.05. The van der Waals surface area contributed by atoms with Gasteiger partial charge in [0, 0.05) is 17.3 Å². The fraction of sp³-hybridized carbons (Fsp3) is 0.120. The van der Waals surface area contributed by atoms with Gasteiger partial charge in [-0.2, -0.15) is 5.10 Å². The molecular weight excluding hydrogens is 390 g/mol. The highest BCUT2D eigenvalue weighted by molar-refractivity contribution is 6.04. The zero-order valence-corrected chi connectivity index (χ0v) is 17.6. The normalized spacial score (nSPS) is 10.5. The van der Waals surface area contributed by atoms with Crippen LogP contribution in [0.15, 0.2) is 78.9 Å². The third-order valence-corrected chi connectivity index (χ3v) is 4.94. The number of nitrogens with one attached hydrogen (secondary N) is 1. The topological polar surface area (TPSA) is 65.4 Å². The Labute approximate surface area is 181 Å². The van der Waals surface area contributed by atoms with Gasteiger partial charge in [0.1, 0.15) is 17.2 Å². The number of hydrogen-bond donors (Lipinski definition) is 1. The second-order valence-electron chi connectivity index (χ2n) is 7.05. The third-order valence-electron chi connectivity index (χ3n) is 4.94. The van der Waals surface area contributed by atoms with Crippen LogP contribution >= 0.6 is 0 Å². The van der Waals surface area contributed by atoms with E-state index in [1.807, 2.05) is 73.7 Å². The van der Waals surface area contributed by atoms with Crippen LogP contribution < -0.4 is 14.8 Å². The largest absolute Gasteiger partial charge is 0.497 e. The van der Waals surface area contributed by atoms with Crippen molar-refractivity contribution in [3.63, 3.8) is 0 Å². The van der Waals surface area contributed by atoms with E-state index in [1.165, 1.54) is 0 Å². The molecule has 0 aliphatic carbocycles. The number of benzene rings is 3. The van der Waals surface area contributed by atoms with Crippen molar-refractivity contribution >= 4 is 11.6 Å². The summed E-state index contributed by atoms with van der Waals surface area (Å²) in [6.07, 6.45) is 0. The zero-order valence-electron chi connectivity index (χ0n) is 17.6. The molecule has 4 aromatic rings. The smallest absolute Gasteiger partial charge is 0.274 e. The maximum absolute atomic E-state index is 13.2. The van der Waals surface area contributed by atoms with Crippen LogP contribution in [0.3, 0.4) is 0 Å². The maximum Gasteiger partial charge on any atom is 0.274 e. The van der Waals surface area contributed by atoms with Crippen molar-refractivity contribution in [1.82, 2.24) is 9.78 Å². The lowest BCUT2D eigenvalue weighted by atomic mass is 10.1. The molecule has 0 unspecified atom stereocenters. The third kappa shape index (κ3) is 4.28. The van der Waals surface area contributed by atoms with Gasteiger partial charge in [-0.15, -0.1) is 0 Å². The van der Waals surface area contributed by atoms with E-state index in [0.29, 0.717) is 22.9 Å². The fourth-order valence-electron chi connectivity index (χ4n) is 3.28. The Morgan fingerprint density at radius 2 is 1.65 bits per heavy atom. The monoisotopic (exact) mass is 413 g/mol. The van der Waals surface area contributed by atoms with Crippen LogP contribution in [0.1, 0.15) is 16.1 Å². The van der Waals surface area contributed by atoms with Gasteiger partial charge in [0.15, 0.2) is 0 Å². The van der Waals surface area contributed by atoms with Crippen molar-refractivity contribution in [3.8, 4) is 28.4 Å². The molecule has 0 aliphatic rings. The van der Waals surface area contributed by atoms with Crippen molar-refractivity contribution in [2.24, 2.45) is 0 Å². The van der Waals surface area contributed by atoms with Crippen LogP contribution in [-0.4, -0.2) is 29.9 Å². The van der Waals surface area contributed by atoms with Crippen LogP contribution in [0.25, 0.3) is 16.9 Å². The predicted octanol–water partition coefficient (Wildman–Crippen LogP) is 5.12. The van der Waals surface area contributed by atoms with Gasteiger partial charge in [-0.05, 0) is 49.4 Å². The molecule has 4 rings (SSSR count). The highest BCUT2D eigenvalue weighted by atomic mass is 16.5. The lowest BCUT2D eigenvalue weighted by molar-refractivity contribution is 0.101.